The van der Waals surface area contributed by atoms with E-state index in [1.165, 1.54) is 6.92 Å². The molecule has 0 fully saturated rings. The summed E-state index contributed by atoms with van der Waals surface area (Å²) in [5.41, 5.74) is 7.36. The number of anilines is 1. The molecule has 1 amide bonds. The average Bonchev–Trinajstić information content (AvgIpc) is 2.26. The number of methoxy groups -OCH3 is 1. The molecule has 1 aromatic carbocycles. The maximum absolute atomic E-state index is 11.1. The largest absolute Gasteiger partial charge is 0.497 e. The molecule has 0 saturated carbocycles. The number of benzene rings is 1. The molecule has 3 N–H and O–H groups in total. The molecule has 1 aromatic rings. The minimum absolute atomic E-state index is 0.0812. The second-order valence-corrected chi connectivity index (χ2v) is 3.60. The molecule has 0 spiro atoms. The first-order valence-electron chi connectivity index (χ1n) is 5.32. The van der Waals surface area contributed by atoms with Crippen LogP contribution in [0.25, 0.3) is 0 Å². The van der Waals surface area contributed by atoms with Gasteiger partial charge < -0.3 is 15.8 Å². The van der Waals surface area contributed by atoms with Gasteiger partial charge in [-0.15, -0.1) is 0 Å². The van der Waals surface area contributed by atoms with Crippen molar-refractivity contribution in [2.45, 2.75) is 19.8 Å². The van der Waals surface area contributed by atoms with E-state index in [4.69, 9.17) is 10.5 Å². The van der Waals surface area contributed by atoms with Gasteiger partial charge in [-0.25, -0.2) is 0 Å². The van der Waals surface area contributed by atoms with Crippen molar-refractivity contribution < 1.29 is 9.53 Å². The van der Waals surface area contributed by atoms with Gasteiger partial charge in [0.1, 0.15) is 5.75 Å². The zero-order chi connectivity index (χ0) is 12.0. The highest BCUT2D eigenvalue weighted by molar-refractivity contribution is 5.89. The van der Waals surface area contributed by atoms with Crippen molar-refractivity contribution in [1.82, 2.24) is 0 Å². The molecule has 0 aliphatic carbocycles. The molecule has 0 atom stereocenters. The minimum atomic E-state index is -0.0812. The van der Waals surface area contributed by atoms with Gasteiger partial charge in [0, 0.05) is 18.7 Å². The molecule has 0 aromatic heterocycles. The van der Waals surface area contributed by atoms with Crippen molar-refractivity contribution in [3.63, 3.8) is 0 Å². The lowest BCUT2D eigenvalue weighted by Crippen LogP contribution is -2.09. The van der Waals surface area contributed by atoms with Crippen LogP contribution in [0.4, 0.5) is 5.69 Å². The van der Waals surface area contributed by atoms with E-state index in [1.54, 1.807) is 7.11 Å². The summed E-state index contributed by atoms with van der Waals surface area (Å²) in [5.74, 6) is 0.655. The van der Waals surface area contributed by atoms with E-state index in [2.05, 4.69) is 5.32 Å². The van der Waals surface area contributed by atoms with Gasteiger partial charge in [0.25, 0.3) is 0 Å². The molecule has 0 aliphatic heterocycles. The minimum Gasteiger partial charge on any atom is -0.497 e. The number of aryl methyl sites for hydroxylation is 1. The Kier molecular flexibility index (Phi) is 4.79. The Morgan fingerprint density at radius 2 is 2.25 bits per heavy atom. The Bertz CT molecular complexity index is 364. The number of rotatable bonds is 5. The van der Waals surface area contributed by atoms with E-state index in [0.717, 1.165) is 29.8 Å². The molecule has 4 nitrogen and oxygen atoms in total. The summed E-state index contributed by atoms with van der Waals surface area (Å²) < 4.78 is 5.12. The summed E-state index contributed by atoms with van der Waals surface area (Å²) in [6.45, 7) is 2.14. The maximum Gasteiger partial charge on any atom is 0.221 e. The Morgan fingerprint density at radius 3 is 2.81 bits per heavy atom. The fourth-order valence-corrected chi connectivity index (χ4v) is 1.50. The first-order valence-corrected chi connectivity index (χ1v) is 5.32. The number of nitrogens with two attached hydrogens (primary N) is 1. The van der Waals surface area contributed by atoms with Crippen LogP contribution in [0, 0.1) is 0 Å². The van der Waals surface area contributed by atoms with Gasteiger partial charge in [0.05, 0.1) is 7.11 Å². The maximum atomic E-state index is 11.1. The second kappa shape index (κ2) is 6.12. The van der Waals surface area contributed by atoms with Gasteiger partial charge in [-0.2, -0.15) is 0 Å². The lowest BCUT2D eigenvalue weighted by Gasteiger charge is -2.11. The van der Waals surface area contributed by atoms with E-state index in [-0.39, 0.29) is 5.91 Å². The molecule has 16 heavy (non-hydrogen) atoms. The highest BCUT2D eigenvalue weighted by atomic mass is 16.5. The van der Waals surface area contributed by atoms with Crippen LogP contribution in [0.2, 0.25) is 0 Å². The smallest absolute Gasteiger partial charge is 0.221 e. The zero-order valence-corrected chi connectivity index (χ0v) is 9.75. The van der Waals surface area contributed by atoms with Crippen molar-refractivity contribution in [2.75, 3.05) is 19.0 Å². The zero-order valence-electron chi connectivity index (χ0n) is 9.75. The van der Waals surface area contributed by atoms with Crippen molar-refractivity contribution in [3.8, 4) is 5.75 Å². The number of carbonyl (C=O) groups excluding carboxylic acids is 1. The van der Waals surface area contributed by atoms with E-state index < -0.39 is 0 Å². The molecule has 0 radical (unpaired) electrons. The van der Waals surface area contributed by atoms with Crippen molar-refractivity contribution in [3.05, 3.63) is 23.8 Å². The van der Waals surface area contributed by atoms with Crippen LogP contribution < -0.4 is 15.8 Å². The topological polar surface area (TPSA) is 64.3 Å². The Balaban J connectivity index is 2.91. The molecule has 0 aliphatic rings. The number of carbonyl (C=O) groups is 1. The number of amides is 1. The predicted octanol–water partition coefficient (Wildman–Crippen LogP) is 1.54. The lowest BCUT2D eigenvalue weighted by molar-refractivity contribution is -0.114. The van der Waals surface area contributed by atoms with Crippen molar-refractivity contribution >= 4 is 11.6 Å². The van der Waals surface area contributed by atoms with Gasteiger partial charge in [-0.05, 0) is 31.0 Å². The highest BCUT2D eigenvalue weighted by Crippen LogP contribution is 2.23. The van der Waals surface area contributed by atoms with E-state index in [0.29, 0.717) is 6.54 Å². The van der Waals surface area contributed by atoms with Crippen LogP contribution in [0.1, 0.15) is 18.9 Å². The number of nitrogens with one attached hydrogen (secondary N) is 1. The SMILES string of the molecule is COc1ccc(CCCN)c(NC(C)=O)c1. The summed E-state index contributed by atoms with van der Waals surface area (Å²) in [7, 11) is 1.60. The van der Waals surface area contributed by atoms with Crippen molar-refractivity contribution in [1.29, 1.82) is 0 Å². The molecule has 0 heterocycles. The third-order valence-electron chi connectivity index (χ3n) is 2.28. The van der Waals surface area contributed by atoms with Crippen molar-refractivity contribution in [2.24, 2.45) is 5.73 Å². The molecule has 4 heteroatoms. The van der Waals surface area contributed by atoms with E-state index >= 15 is 0 Å². The fraction of sp³-hybridized carbons (Fsp3) is 0.417. The Morgan fingerprint density at radius 1 is 1.50 bits per heavy atom. The Labute approximate surface area is 95.8 Å². The summed E-state index contributed by atoms with van der Waals surface area (Å²) in [5, 5.41) is 2.80. The van der Waals surface area contributed by atoms with E-state index in [1.807, 2.05) is 18.2 Å². The fourth-order valence-electron chi connectivity index (χ4n) is 1.50. The number of ether oxygens (including phenoxy) is 1. The molecule has 0 unspecified atom stereocenters. The first-order chi connectivity index (χ1) is 7.67. The molecule has 0 bridgehead atoms. The normalized spacial score (nSPS) is 9.94. The van der Waals surface area contributed by atoms with Crippen LogP contribution in [0.3, 0.4) is 0 Å². The standard InChI is InChI=1S/C12H18N2O2/c1-9(15)14-12-8-11(16-2)6-5-10(12)4-3-7-13/h5-6,8H,3-4,7,13H2,1-2H3,(H,14,15). The highest BCUT2D eigenvalue weighted by Gasteiger charge is 2.05. The summed E-state index contributed by atoms with van der Waals surface area (Å²) >= 11 is 0. The van der Waals surface area contributed by atoms with Gasteiger partial charge >= 0.3 is 0 Å². The third kappa shape index (κ3) is 3.55. The van der Waals surface area contributed by atoms with Gasteiger partial charge in [0.15, 0.2) is 0 Å². The molecule has 88 valence electrons. The van der Waals surface area contributed by atoms with Gasteiger partial charge in [-0.3, -0.25) is 4.79 Å². The number of hydrogen-bond donors (Lipinski definition) is 2. The summed E-state index contributed by atoms with van der Waals surface area (Å²) in [6, 6.07) is 5.67. The van der Waals surface area contributed by atoms with Gasteiger partial charge in [-0.1, -0.05) is 6.07 Å². The molecular formula is C12H18N2O2. The van der Waals surface area contributed by atoms with Crippen LogP contribution in [-0.2, 0) is 11.2 Å². The molecular weight excluding hydrogens is 204 g/mol. The third-order valence-corrected chi connectivity index (χ3v) is 2.28. The van der Waals surface area contributed by atoms with Crippen LogP contribution in [0.15, 0.2) is 18.2 Å². The molecule has 1 rings (SSSR count). The van der Waals surface area contributed by atoms with E-state index in [9.17, 15) is 4.79 Å². The number of hydrogen-bond acceptors (Lipinski definition) is 3. The summed E-state index contributed by atoms with van der Waals surface area (Å²) in [4.78, 5) is 11.1. The van der Waals surface area contributed by atoms with Gasteiger partial charge in [0.2, 0.25) is 5.91 Å². The van der Waals surface area contributed by atoms with Crippen LogP contribution in [0.5, 0.6) is 5.75 Å². The van der Waals surface area contributed by atoms with Crippen LogP contribution >= 0.6 is 0 Å². The second-order valence-electron chi connectivity index (χ2n) is 3.60. The first kappa shape index (κ1) is 12.5. The monoisotopic (exact) mass is 222 g/mol. The average molecular weight is 222 g/mol. The lowest BCUT2D eigenvalue weighted by atomic mass is 10.1. The molecule has 0 saturated heterocycles. The summed E-state index contributed by atoms with van der Waals surface area (Å²) in [6.07, 6.45) is 1.76. The quantitative estimate of drug-likeness (QED) is 0.794. The Hall–Kier alpha value is -1.55. The van der Waals surface area contributed by atoms with Crippen LogP contribution in [-0.4, -0.2) is 19.6 Å². The predicted molar refractivity (Wildman–Crippen MR) is 64.7 cm³/mol.